The Balaban J connectivity index is 2.27. The number of nitrogens with zero attached hydrogens (tertiary/aromatic N) is 1. The molecule has 0 spiro atoms. The largest absolute Gasteiger partial charge is 0.385 e. The number of hydrogen-bond acceptors (Lipinski definition) is 4. The third kappa shape index (κ3) is 3.85. The van der Waals surface area contributed by atoms with E-state index in [0.717, 1.165) is 6.26 Å². The van der Waals surface area contributed by atoms with Crippen molar-refractivity contribution in [2.24, 2.45) is 0 Å². The summed E-state index contributed by atoms with van der Waals surface area (Å²) in [6.45, 7) is 0. The fourth-order valence-electron chi connectivity index (χ4n) is 1.54. The lowest BCUT2D eigenvalue weighted by molar-refractivity contribution is 0.445. The van der Waals surface area contributed by atoms with Crippen molar-refractivity contribution in [3.05, 3.63) is 71.4 Å². The van der Waals surface area contributed by atoms with Gasteiger partial charge in [0.25, 0.3) is 0 Å². The maximum Gasteiger partial charge on any atom is 0.338 e. The summed E-state index contributed by atoms with van der Waals surface area (Å²) >= 11 is 5.76. The molecule has 0 amide bonds. The Morgan fingerprint density at radius 1 is 1.10 bits per heavy atom. The first-order valence-electron chi connectivity index (χ1n) is 5.87. The van der Waals surface area contributed by atoms with E-state index >= 15 is 0 Å². The van der Waals surface area contributed by atoms with Gasteiger partial charge in [-0.3, -0.25) is 0 Å². The van der Waals surface area contributed by atoms with Crippen molar-refractivity contribution in [3.8, 4) is 6.07 Å². The molecule has 2 aromatic rings. The van der Waals surface area contributed by atoms with Crippen molar-refractivity contribution in [1.82, 2.24) is 0 Å². The smallest absolute Gasteiger partial charge is 0.338 e. The second-order valence-corrected chi connectivity index (χ2v) is 6.02. The van der Waals surface area contributed by atoms with Gasteiger partial charge in [-0.05, 0) is 29.8 Å². The van der Waals surface area contributed by atoms with Crippen LogP contribution in [0.3, 0.4) is 0 Å². The van der Waals surface area contributed by atoms with Crippen LogP contribution in [-0.4, -0.2) is 8.42 Å². The van der Waals surface area contributed by atoms with Crippen LogP contribution in [0.5, 0.6) is 0 Å². The van der Waals surface area contributed by atoms with Gasteiger partial charge in [-0.15, -0.1) is 0 Å². The van der Waals surface area contributed by atoms with Crippen LogP contribution < -0.4 is 0 Å². The zero-order valence-electron chi connectivity index (χ0n) is 10.7. The van der Waals surface area contributed by atoms with E-state index in [1.54, 1.807) is 42.5 Å². The molecule has 0 aromatic heterocycles. The average molecular weight is 320 g/mol. The van der Waals surface area contributed by atoms with E-state index in [2.05, 4.69) is 0 Å². The molecular weight excluding hydrogens is 310 g/mol. The monoisotopic (exact) mass is 319 g/mol. The Hall–Kier alpha value is -2.29. The summed E-state index contributed by atoms with van der Waals surface area (Å²) in [5, 5.41) is 9.61. The van der Waals surface area contributed by atoms with Gasteiger partial charge in [0.1, 0.15) is 17.2 Å². The van der Waals surface area contributed by atoms with Crippen LogP contribution in [0.25, 0.3) is 5.57 Å². The lowest BCUT2D eigenvalue weighted by Gasteiger charge is -2.04. The number of nitriles is 1. The number of hydrogen-bond donors (Lipinski definition) is 0. The van der Waals surface area contributed by atoms with Crippen molar-refractivity contribution >= 4 is 27.3 Å². The predicted octanol–water partition coefficient (Wildman–Crippen LogP) is 3.61. The maximum absolute atomic E-state index is 11.9. The van der Waals surface area contributed by atoms with Crippen molar-refractivity contribution in [3.63, 3.8) is 0 Å². The summed E-state index contributed by atoms with van der Waals surface area (Å²) in [6.07, 6.45) is 0.922. The summed E-state index contributed by atoms with van der Waals surface area (Å²) in [5.74, 6) is 0. The standard InChI is InChI=1S/C15H10ClNO3S/c16-14-8-6-12(7-9-14)13(10-17)11-20-21(18,19)15-4-2-1-3-5-15/h1-9,11H. The fraction of sp³-hybridized carbons (Fsp3) is 0. The van der Waals surface area contributed by atoms with Crippen molar-refractivity contribution in [2.75, 3.05) is 0 Å². The minimum atomic E-state index is -3.94. The number of rotatable bonds is 4. The van der Waals surface area contributed by atoms with Crippen LogP contribution in [0.1, 0.15) is 5.56 Å². The first kappa shape index (κ1) is 15.1. The quantitative estimate of drug-likeness (QED) is 0.490. The van der Waals surface area contributed by atoms with Crippen LogP contribution in [0.15, 0.2) is 65.8 Å². The highest BCUT2D eigenvalue weighted by Crippen LogP contribution is 2.19. The Morgan fingerprint density at radius 2 is 1.71 bits per heavy atom. The molecule has 0 bridgehead atoms. The lowest BCUT2D eigenvalue weighted by atomic mass is 10.1. The molecule has 0 heterocycles. The first-order chi connectivity index (χ1) is 10.0. The van der Waals surface area contributed by atoms with Crippen LogP contribution >= 0.6 is 11.6 Å². The zero-order valence-corrected chi connectivity index (χ0v) is 12.3. The molecule has 0 unspecified atom stereocenters. The second kappa shape index (κ2) is 6.44. The topological polar surface area (TPSA) is 67.2 Å². The molecule has 0 atom stereocenters. The summed E-state index contributed by atoms with van der Waals surface area (Å²) in [6, 6.07) is 16.0. The molecule has 6 heteroatoms. The van der Waals surface area contributed by atoms with Crippen molar-refractivity contribution in [1.29, 1.82) is 5.26 Å². The fourth-order valence-corrected chi connectivity index (χ4v) is 2.49. The molecule has 0 radical (unpaired) electrons. The minimum absolute atomic E-state index is 0.0228. The number of halogens is 1. The zero-order chi connectivity index (χ0) is 15.3. The third-order valence-electron chi connectivity index (χ3n) is 2.60. The summed E-state index contributed by atoms with van der Waals surface area (Å²) < 4.78 is 28.7. The van der Waals surface area contributed by atoms with Crippen molar-refractivity contribution < 1.29 is 12.6 Å². The van der Waals surface area contributed by atoms with Gasteiger partial charge in [0.15, 0.2) is 0 Å². The predicted molar refractivity (Wildman–Crippen MR) is 79.8 cm³/mol. The van der Waals surface area contributed by atoms with Crippen LogP contribution in [0.4, 0.5) is 0 Å². The van der Waals surface area contributed by atoms with Crippen LogP contribution in [0.2, 0.25) is 5.02 Å². The molecule has 0 aliphatic rings. The lowest BCUT2D eigenvalue weighted by Crippen LogP contribution is -2.02. The molecule has 2 rings (SSSR count). The third-order valence-corrected chi connectivity index (χ3v) is 4.05. The molecule has 0 saturated carbocycles. The first-order valence-corrected chi connectivity index (χ1v) is 7.66. The number of benzene rings is 2. The van der Waals surface area contributed by atoms with E-state index in [1.807, 2.05) is 6.07 Å². The van der Waals surface area contributed by atoms with E-state index in [0.29, 0.717) is 10.6 Å². The van der Waals surface area contributed by atoms with Gasteiger partial charge in [-0.1, -0.05) is 41.9 Å². The second-order valence-electron chi connectivity index (χ2n) is 4.01. The highest BCUT2D eigenvalue weighted by molar-refractivity contribution is 7.86. The van der Waals surface area contributed by atoms with Gasteiger partial charge >= 0.3 is 10.1 Å². The molecule has 106 valence electrons. The summed E-state index contributed by atoms with van der Waals surface area (Å²) in [5.41, 5.74) is 0.608. The van der Waals surface area contributed by atoms with E-state index in [1.165, 1.54) is 12.1 Å². The van der Waals surface area contributed by atoms with E-state index in [4.69, 9.17) is 21.0 Å². The van der Waals surface area contributed by atoms with Gasteiger partial charge < -0.3 is 4.18 Å². The Labute approximate surface area is 128 Å². The van der Waals surface area contributed by atoms with E-state index in [9.17, 15) is 8.42 Å². The Kier molecular flexibility index (Phi) is 4.63. The molecule has 0 aliphatic carbocycles. The highest BCUT2D eigenvalue weighted by Gasteiger charge is 2.14. The normalized spacial score (nSPS) is 11.7. The maximum atomic E-state index is 11.9. The SMILES string of the molecule is N#CC(=COS(=O)(=O)c1ccccc1)c1ccc(Cl)cc1. The summed E-state index contributed by atoms with van der Waals surface area (Å²) in [4.78, 5) is 0.0228. The number of allylic oxidation sites excluding steroid dienone is 1. The van der Waals surface area contributed by atoms with E-state index in [-0.39, 0.29) is 10.5 Å². The van der Waals surface area contributed by atoms with Gasteiger partial charge in [-0.2, -0.15) is 13.7 Å². The molecule has 21 heavy (non-hydrogen) atoms. The van der Waals surface area contributed by atoms with Gasteiger partial charge in [0, 0.05) is 5.02 Å². The molecule has 0 aliphatic heterocycles. The molecule has 2 aromatic carbocycles. The van der Waals surface area contributed by atoms with Crippen molar-refractivity contribution in [2.45, 2.75) is 4.90 Å². The minimum Gasteiger partial charge on any atom is -0.385 e. The molecule has 0 N–H and O–H groups in total. The van der Waals surface area contributed by atoms with Gasteiger partial charge in [0.05, 0.1) is 5.57 Å². The molecular formula is C15H10ClNO3S. The summed E-state index contributed by atoms with van der Waals surface area (Å²) in [7, 11) is -3.94. The average Bonchev–Trinajstić information content (AvgIpc) is 2.50. The Morgan fingerprint density at radius 3 is 2.29 bits per heavy atom. The van der Waals surface area contributed by atoms with E-state index < -0.39 is 10.1 Å². The van der Waals surface area contributed by atoms with Crippen LogP contribution in [0, 0.1) is 11.3 Å². The Bertz CT molecular complexity index is 791. The van der Waals surface area contributed by atoms with Gasteiger partial charge in [0.2, 0.25) is 0 Å². The molecule has 4 nitrogen and oxygen atoms in total. The van der Waals surface area contributed by atoms with Crippen LogP contribution in [-0.2, 0) is 14.3 Å². The highest BCUT2D eigenvalue weighted by atomic mass is 35.5. The molecule has 0 fully saturated rings. The van der Waals surface area contributed by atoms with Gasteiger partial charge in [-0.25, -0.2) is 0 Å². The molecule has 0 saturated heterocycles.